The van der Waals surface area contributed by atoms with Crippen molar-refractivity contribution in [3.63, 3.8) is 0 Å². The number of thiophene rings is 1. The van der Waals surface area contributed by atoms with Crippen LogP contribution in [-0.4, -0.2) is 48.2 Å². The molecule has 1 saturated heterocycles. The van der Waals surface area contributed by atoms with Crippen molar-refractivity contribution in [1.29, 1.82) is 0 Å². The number of hydrogen-bond acceptors (Lipinski definition) is 4. The molecule has 1 aliphatic heterocycles. The minimum Gasteiger partial charge on any atom is -0.384 e. The molecule has 2 heterocycles. The molecule has 2 rings (SSSR count). The fourth-order valence-corrected chi connectivity index (χ4v) is 3.33. The molecule has 0 aromatic carbocycles. The third-order valence-electron chi connectivity index (χ3n) is 3.53. The van der Waals surface area contributed by atoms with E-state index in [1.54, 1.807) is 0 Å². The Bertz CT molecular complexity index is 524. The smallest absolute Gasteiger partial charge is 0.262 e. The third kappa shape index (κ3) is 4.85. The number of aliphatic hydroxyl groups excluding tert-OH is 1. The van der Waals surface area contributed by atoms with Gasteiger partial charge in [0.2, 0.25) is 0 Å². The van der Waals surface area contributed by atoms with Crippen LogP contribution in [0.1, 0.15) is 41.4 Å². The Morgan fingerprint density at radius 3 is 2.95 bits per heavy atom. The Labute approximate surface area is 130 Å². The lowest BCUT2D eigenvalue weighted by molar-refractivity contribution is 0.0929. The molecule has 0 saturated carbocycles. The summed E-state index contributed by atoms with van der Waals surface area (Å²) in [6.07, 6.45) is 3.83. The quantitative estimate of drug-likeness (QED) is 0.833. The van der Waals surface area contributed by atoms with Gasteiger partial charge in [0, 0.05) is 18.2 Å². The van der Waals surface area contributed by atoms with Crippen molar-refractivity contribution in [2.75, 3.05) is 26.2 Å². The van der Waals surface area contributed by atoms with Crippen LogP contribution in [0, 0.1) is 11.8 Å². The molecule has 1 aliphatic rings. The van der Waals surface area contributed by atoms with Crippen LogP contribution in [0.5, 0.6) is 0 Å². The number of nitrogens with zero attached hydrogens (tertiary/aromatic N) is 1. The lowest BCUT2D eigenvalue weighted by atomic mass is 10.1. The highest BCUT2D eigenvalue weighted by molar-refractivity contribution is 7.12. The summed E-state index contributed by atoms with van der Waals surface area (Å²) in [5, 5.41) is 13.6. The van der Waals surface area contributed by atoms with Crippen molar-refractivity contribution in [1.82, 2.24) is 10.2 Å². The normalized spacial score (nSPS) is 16.9. The maximum atomic E-state index is 12.3. The second-order valence-corrected chi connectivity index (χ2v) is 6.28. The van der Waals surface area contributed by atoms with Crippen LogP contribution < -0.4 is 5.32 Å². The number of amides is 1. The summed E-state index contributed by atoms with van der Waals surface area (Å²) in [5.74, 6) is 5.33. The maximum absolute atomic E-state index is 12.3. The molecule has 2 N–H and O–H groups in total. The maximum Gasteiger partial charge on any atom is 0.262 e. The number of carbonyl (C=O) groups excluding carboxylic acids is 1. The van der Waals surface area contributed by atoms with Crippen molar-refractivity contribution in [2.24, 2.45) is 0 Å². The highest BCUT2D eigenvalue weighted by Crippen LogP contribution is 2.16. The number of aliphatic hydroxyl groups is 1. The highest BCUT2D eigenvalue weighted by Gasteiger charge is 2.17. The van der Waals surface area contributed by atoms with Gasteiger partial charge in [-0.2, -0.15) is 0 Å². The zero-order valence-corrected chi connectivity index (χ0v) is 13.2. The second kappa shape index (κ2) is 8.18. The zero-order chi connectivity index (χ0) is 15.1. The Morgan fingerprint density at radius 2 is 2.24 bits per heavy atom. The average Bonchev–Trinajstić information content (AvgIpc) is 2.94. The van der Waals surface area contributed by atoms with Gasteiger partial charge in [0.15, 0.2) is 0 Å². The lowest BCUT2D eigenvalue weighted by Gasteiger charge is -2.29. The molecule has 114 valence electrons. The van der Waals surface area contributed by atoms with E-state index < -0.39 is 0 Å². The van der Waals surface area contributed by atoms with Gasteiger partial charge < -0.3 is 15.3 Å². The highest BCUT2D eigenvalue weighted by atomic mass is 32.1. The minimum atomic E-state index is -0.192. The van der Waals surface area contributed by atoms with Gasteiger partial charge in [-0.25, -0.2) is 0 Å². The van der Waals surface area contributed by atoms with Crippen molar-refractivity contribution in [2.45, 2.75) is 32.2 Å². The van der Waals surface area contributed by atoms with Crippen LogP contribution in [-0.2, 0) is 0 Å². The van der Waals surface area contributed by atoms with Gasteiger partial charge in [-0.3, -0.25) is 4.79 Å². The van der Waals surface area contributed by atoms with E-state index in [0.717, 1.165) is 19.6 Å². The molecule has 1 atom stereocenters. The van der Waals surface area contributed by atoms with E-state index in [4.69, 9.17) is 5.11 Å². The van der Waals surface area contributed by atoms with Crippen LogP contribution in [0.2, 0.25) is 0 Å². The summed E-state index contributed by atoms with van der Waals surface area (Å²) in [5.41, 5.74) is 0.691. The molecule has 5 heteroatoms. The molecule has 0 radical (unpaired) electrons. The number of rotatable bonds is 4. The van der Waals surface area contributed by atoms with E-state index in [2.05, 4.69) is 22.1 Å². The van der Waals surface area contributed by atoms with Crippen molar-refractivity contribution >= 4 is 17.2 Å². The molecule has 0 aliphatic carbocycles. The average molecular weight is 306 g/mol. The molecule has 1 aromatic heterocycles. The van der Waals surface area contributed by atoms with Crippen LogP contribution in [0.4, 0.5) is 0 Å². The molecule has 1 amide bonds. The van der Waals surface area contributed by atoms with E-state index in [1.165, 1.54) is 30.6 Å². The monoisotopic (exact) mass is 306 g/mol. The first-order valence-corrected chi connectivity index (χ1v) is 8.29. The number of hydrogen-bond donors (Lipinski definition) is 2. The van der Waals surface area contributed by atoms with E-state index >= 15 is 0 Å². The van der Waals surface area contributed by atoms with Crippen molar-refractivity contribution in [3.8, 4) is 11.8 Å². The molecule has 1 aromatic rings. The number of piperidine rings is 1. The molecule has 1 unspecified atom stereocenters. The largest absolute Gasteiger partial charge is 0.384 e. The SMILES string of the molecule is CC(CN1CCCCC1)NC(=O)c1sccc1C#CCO. The Morgan fingerprint density at radius 1 is 1.48 bits per heavy atom. The summed E-state index contributed by atoms with van der Waals surface area (Å²) in [6.45, 7) is 5.01. The predicted octanol–water partition coefficient (Wildman–Crippen LogP) is 1.70. The molecule has 0 bridgehead atoms. The number of nitrogens with one attached hydrogen (secondary N) is 1. The van der Waals surface area contributed by atoms with E-state index in [1.807, 2.05) is 18.4 Å². The van der Waals surface area contributed by atoms with Gasteiger partial charge in [-0.05, 0) is 44.3 Å². The minimum absolute atomic E-state index is 0.0725. The first kappa shape index (κ1) is 16.0. The summed E-state index contributed by atoms with van der Waals surface area (Å²) < 4.78 is 0. The number of carbonyl (C=O) groups is 1. The summed E-state index contributed by atoms with van der Waals surface area (Å²) in [7, 11) is 0. The number of likely N-dealkylation sites (tertiary alicyclic amines) is 1. The van der Waals surface area contributed by atoms with Crippen molar-refractivity contribution in [3.05, 3.63) is 21.9 Å². The summed E-state index contributed by atoms with van der Waals surface area (Å²) in [6, 6.07) is 1.94. The van der Waals surface area contributed by atoms with Crippen LogP contribution >= 0.6 is 11.3 Å². The van der Waals surface area contributed by atoms with Gasteiger partial charge in [0.1, 0.15) is 11.5 Å². The molecular weight excluding hydrogens is 284 g/mol. The molecule has 0 spiro atoms. The molecule has 1 fully saturated rings. The summed E-state index contributed by atoms with van der Waals surface area (Å²) in [4.78, 5) is 15.3. The van der Waals surface area contributed by atoms with Crippen LogP contribution in [0.3, 0.4) is 0 Å². The fraction of sp³-hybridized carbons (Fsp3) is 0.562. The van der Waals surface area contributed by atoms with Gasteiger partial charge in [-0.15, -0.1) is 11.3 Å². The Kier molecular flexibility index (Phi) is 6.24. The van der Waals surface area contributed by atoms with Crippen LogP contribution in [0.25, 0.3) is 0 Å². The van der Waals surface area contributed by atoms with Gasteiger partial charge >= 0.3 is 0 Å². The van der Waals surface area contributed by atoms with E-state index in [0.29, 0.717) is 10.4 Å². The molecular formula is C16H22N2O2S. The summed E-state index contributed by atoms with van der Waals surface area (Å²) >= 11 is 1.39. The Hall–Kier alpha value is -1.35. The van der Waals surface area contributed by atoms with Gasteiger partial charge in [-0.1, -0.05) is 18.3 Å². The van der Waals surface area contributed by atoms with Crippen LogP contribution in [0.15, 0.2) is 11.4 Å². The standard InChI is InChI=1S/C16H22N2O2S/c1-13(12-18-8-3-2-4-9-18)17-16(20)15-14(6-5-10-19)7-11-21-15/h7,11,13,19H,2-4,8-10,12H2,1H3,(H,17,20). The Balaban J connectivity index is 1.89. The molecule has 4 nitrogen and oxygen atoms in total. The third-order valence-corrected chi connectivity index (χ3v) is 4.44. The van der Waals surface area contributed by atoms with E-state index in [9.17, 15) is 4.79 Å². The van der Waals surface area contributed by atoms with E-state index in [-0.39, 0.29) is 18.6 Å². The first-order valence-electron chi connectivity index (χ1n) is 7.41. The predicted molar refractivity (Wildman–Crippen MR) is 85.5 cm³/mol. The lowest BCUT2D eigenvalue weighted by Crippen LogP contribution is -2.43. The fourth-order valence-electron chi connectivity index (χ4n) is 2.58. The molecule has 21 heavy (non-hydrogen) atoms. The topological polar surface area (TPSA) is 52.6 Å². The van der Waals surface area contributed by atoms with Crippen molar-refractivity contribution < 1.29 is 9.90 Å². The van der Waals surface area contributed by atoms with Gasteiger partial charge in [0.25, 0.3) is 5.91 Å². The second-order valence-electron chi connectivity index (χ2n) is 5.36. The zero-order valence-electron chi connectivity index (χ0n) is 12.4. The first-order chi connectivity index (χ1) is 10.2. The van der Waals surface area contributed by atoms with Gasteiger partial charge in [0.05, 0.1) is 0 Å².